The number of fused-ring (bicyclic) bond motifs is 1. The van der Waals surface area contributed by atoms with Gasteiger partial charge in [0, 0.05) is 0 Å². The van der Waals surface area contributed by atoms with Crippen LogP contribution in [0, 0.1) is 23.7 Å². The van der Waals surface area contributed by atoms with E-state index in [1.54, 1.807) is 0 Å². The Morgan fingerprint density at radius 3 is 2.10 bits per heavy atom. The molecule has 3 heteroatoms. The summed E-state index contributed by atoms with van der Waals surface area (Å²) in [5, 5.41) is 0. The lowest BCUT2D eigenvalue weighted by Gasteiger charge is -2.38. The number of hydrogen-bond acceptors (Lipinski definition) is 2. The Bertz CT molecular complexity index is 616. The van der Waals surface area contributed by atoms with Crippen LogP contribution in [0.1, 0.15) is 25.3 Å². The fourth-order valence-corrected chi connectivity index (χ4v) is 4.34. The van der Waals surface area contributed by atoms with Crippen LogP contribution in [0.2, 0.25) is 0 Å². The molecule has 1 saturated heterocycles. The van der Waals surface area contributed by atoms with Crippen molar-refractivity contribution in [3.05, 3.63) is 42.0 Å². The molecule has 0 spiro atoms. The highest BCUT2D eigenvalue weighted by atomic mass is 16.2. The fraction of sp³-hybridized carbons (Fsp3) is 0.444. The highest BCUT2D eigenvalue weighted by Gasteiger charge is 2.57. The largest absolute Gasteiger partial charge is 0.274 e. The van der Waals surface area contributed by atoms with Crippen LogP contribution < -0.4 is 4.90 Å². The summed E-state index contributed by atoms with van der Waals surface area (Å²) in [6.45, 7) is 2.06. The average molecular weight is 281 g/mol. The first-order valence-corrected chi connectivity index (χ1v) is 7.86. The smallest absolute Gasteiger partial charge is 0.238 e. The first kappa shape index (κ1) is 12.8. The first-order valence-electron chi connectivity index (χ1n) is 7.86. The van der Waals surface area contributed by atoms with Gasteiger partial charge in [-0.05, 0) is 42.7 Å². The molecule has 1 saturated carbocycles. The van der Waals surface area contributed by atoms with Gasteiger partial charge in [-0.2, -0.15) is 0 Å². The predicted molar refractivity (Wildman–Crippen MR) is 80.6 cm³/mol. The van der Waals surface area contributed by atoms with Crippen molar-refractivity contribution in [2.45, 2.75) is 26.2 Å². The molecule has 1 heterocycles. The number of benzene rings is 1. The second kappa shape index (κ2) is 4.55. The molecular formula is C18H19NO2. The molecule has 1 aromatic carbocycles. The molecule has 0 N–H and O–H groups in total. The molecule has 5 rings (SSSR count). The van der Waals surface area contributed by atoms with Gasteiger partial charge in [-0.3, -0.25) is 9.59 Å². The number of carbonyl (C=O) groups is 2. The molecule has 2 fully saturated rings. The average Bonchev–Trinajstić information content (AvgIpc) is 2.82. The lowest BCUT2D eigenvalue weighted by Crippen LogP contribution is -2.38. The SMILES string of the molecule is CCc1ccccc1N1C(=O)[C@H]2[C@H](C1=O)[C@@H]1C=C[C@@H]2CC1. The molecule has 2 amide bonds. The summed E-state index contributed by atoms with van der Waals surface area (Å²) in [5.74, 6) is 0.317. The van der Waals surface area contributed by atoms with E-state index in [0.29, 0.717) is 0 Å². The van der Waals surface area contributed by atoms with Crippen LogP contribution in [-0.2, 0) is 16.0 Å². The second-order valence-electron chi connectivity index (χ2n) is 6.34. The van der Waals surface area contributed by atoms with Gasteiger partial charge < -0.3 is 0 Å². The third-order valence-corrected chi connectivity index (χ3v) is 5.37. The van der Waals surface area contributed by atoms with Crippen molar-refractivity contribution < 1.29 is 9.59 Å². The summed E-state index contributed by atoms with van der Waals surface area (Å²) in [4.78, 5) is 27.2. The van der Waals surface area contributed by atoms with Crippen molar-refractivity contribution in [3.63, 3.8) is 0 Å². The van der Waals surface area contributed by atoms with Crippen molar-refractivity contribution in [1.29, 1.82) is 0 Å². The quantitative estimate of drug-likeness (QED) is 0.617. The maximum absolute atomic E-state index is 12.9. The fourth-order valence-electron chi connectivity index (χ4n) is 4.34. The molecule has 4 atom stereocenters. The Hall–Kier alpha value is -1.90. The van der Waals surface area contributed by atoms with Crippen molar-refractivity contribution in [2.75, 3.05) is 4.90 Å². The van der Waals surface area contributed by atoms with E-state index in [-0.39, 0.29) is 35.5 Å². The van der Waals surface area contributed by atoms with E-state index in [9.17, 15) is 9.59 Å². The van der Waals surface area contributed by atoms with Gasteiger partial charge in [0.1, 0.15) is 0 Å². The van der Waals surface area contributed by atoms with Crippen molar-refractivity contribution in [3.8, 4) is 0 Å². The zero-order valence-corrected chi connectivity index (χ0v) is 12.2. The number of imide groups is 1. The van der Waals surface area contributed by atoms with E-state index >= 15 is 0 Å². The predicted octanol–water partition coefficient (Wildman–Crippen LogP) is 2.95. The highest BCUT2D eigenvalue weighted by Crippen LogP contribution is 2.50. The van der Waals surface area contributed by atoms with E-state index in [2.05, 4.69) is 19.1 Å². The number of rotatable bonds is 2. The third-order valence-electron chi connectivity index (χ3n) is 5.37. The number of nitrogens with zero attached hydrogens (tertiary/aromatic N) is 1. The molecule has 3 nitrogen and oxygen atoms in total. The topological polar surface area (TPSA) is 37.4 Å². The number of carbonyl (C=O) groups excluding carboxylic acids is 2. The Labute approximate surface area is 124 Å². The molecule has 3 aliphatic carbocycles. The van der Waals surface area contributed by atoms with E-state index in [1.165, 1.54) is 4.90 Å². The highest BCUT2D eigenvalue weighted by molar-refractivity contribution is 6.22. The summed E-state index contributed by atoms with van der Waals surface area (Å²) in [5.41, 5.74) is 1.86. The molecule has 108 valence electrons. The van der Waals surface area contributed by atoms with Crippen LogP contribution in [0.4, 0.5) is 5.69 Å². The third kappa shape index (κ3) is 1.66. The van der Waals surface area contributed by atoms with Gasteiger partial charge in [0.05, 0.1) is 17.5 Å². The number of para-hydroxylation sites is 1. The zero-order valence-electron chi connectivity index (χ0n) is 12.2. The number of allylic oxidation sites excluding steroid dienone is 2. The van der Waals surface area contributed by atoms with Crippen LogP contribution in [0.5, 0.6) is 0 Å². The summed E-state index contributed by atoms with van der Waals surface area (Å²) < 4.78 is 0. The first-order chi connectivity index (χ1) is 10.2. The van der Waals surface area contributed by atoms with Gasteiger partial charge in [-0.15, -0.1) is 0 Å². The standard InChI is InChI=1S/C18H19NO2/c1-2-11-5-3-4-6-14(11)19-17(20)15-12-7-8-13(10-9-12)16(15)18(19)21/h3-8,12-13,15-16H,2,9-10H2,1H3/t12-,13-,15-,16-/m1/s1. The van der Waals surface area contributed by atoms with Gasteiger partial charge in [-0.1, -0.05) is 37.3 Å². The normalized spacial score (nSPS) is 33.7. The summed E-state index contributed by atoms with van der Waals surface area (Å²) in [6.07, 6.45) is 7.24. The van der Waals surface area contributed by atoms with Gasteiger partial charge in [0.25, 0.3) is 0 Å². The molecular weight excluding hydrogens is 262 g/mol. The van der Waals surface area contributed by atoms with Crippen LogP contribution in [0.3, 0.4) is 0 Å². The zero-order chi connectivity index (χ0) is 14.6. The molecule has 0 aromatic heterocycles. The summed E-state index contributed by atoms with van der Waals surface area (Å²) >= 11 is 0. The number of anilines is 1. The number of amides is 2. The molecule has 2 bridgehead atoms. The molecule has 1 aromatic rings. The van der Waals surface area contributed by atoms with Crippen molar-refractivity contribution in [2.24, 2.45) is 23.7 Å². The van der Waals surface area contributed by atoms with Gasteiger partial charge in [0.15, 0.2) is 0 Å². The molecule has 1 aliphatic heterocycles. The minimum atomic E-state index is -0.119. The van der Waals surface area contributed by atoms with Gasteiger partial charge >= 0.3 is 0 Å². The maximum Gasteiger partial charge on any atom is 0.238 e. The van der Waals surface area contributed by atoms with Crippen LogP contribution in [-0.4, -0.2) is 11.8 Å². The number of aryl methyl sites for hydroxylation is 1. The van der Waals surface area contributed by atoms with Crippen LogP contribution in [0.25, 0.3) is 0 Å². The summed E-state index contributed by atoms with van der Waals surface area (Å²) in [6, 6.07) is 7.78. The van der Waals surface area contributed by atoms with Gasteiger partial charge in [0.2, 0.25) is 11.8 Å². The van der Waals surface area contributed by atoms with Gasteiger partial charge in [-0.25, -0.2) is 4.90 Å². The Kier molecular flexibility index (Phi) is 2.78. The van der Waals surface area contributed by atoms with E-state index in [1.807, 2.05) is 24.3 Å². The molecule has 0 radical (unpaired) electrons. The monoisotopic (exact) mass is 281 g/mol. The lowest BCUT2D eigenvalue weighted by atomic mass is 9.63. The Morgan fingerprint density at radius 2 is 1.57 bits per heavy atom. The lowest BCUT2D eigenvalue weighted by molar-refractivity contribution is -0.124. The van der Waals surface area contributed by atoms with Crippen molar-refractivity contribution >= 4 is 17.5 Å². The molecule has 21 heavy (non-hydrogen) atoms. The number of hydrogen-bond donors (Lipinski definition) is 0. The van der Waals surface area contributed by atoms with E-state index < -0.39 is 0 Å². The van der Waals surface area contributed by atoms with Crippen LogP contribution >= 0.6 is 0 Å². The maximum atomic E-state index is 12.9. The minimum absolute atomic E-state index is 0.0185. The molecule has 4 aliphatic rings. The van der Waals surface area contributed by atoms with Crippen LogP contribution in [0.15, 0.2) is 36.4 Å². The molecule has 0 unspecified atom stereocenters. The summed E-state index contributed by atoms with van der Waals surface area (Å²) in [7, 11) is 0. The van der Waals surface area contributed by atoms with Crippen molar-refractivity contribution in [1.82, 2.24) is 0 Å². The van der Waals surface area contributed by atoms with E-state index in [4.69, 9.17) is 0 Å². The Balaban J connectivity index is 1.79. The second-order valence-corrected chi connectivity index (χ2v) is 6.34. The Morgan fingerprint density at radius 1 is 1.00 bits per heavy atom. The minimum Gasteiger partial charge on any atom is -0.274 e. The van der Waals surface area contributed by atoms with E-state index in [0.717, 1.165) is 30.5 Å².